The van der Waals surface area contributed by atoms with E-state index in [0.717, 1.165) is 0 Å². The first kappa shape index (κ1) is 19.2. The summed E-state index contributed by atoms with van der Waals surface area (Å²) >= 11 is 0. The molecule has 0 spiro atoms. The number of aliphatic hydroxyl groups excluding tert-OH is 1. The Morgan fingerprint density at radius 3 is 2.00 bits per heavy atom. The van der Waals surface area contributed by atoms with Crippen LogP contribution in [0.4, 0.5) is 0 Å². The molecule has 0 amide bonds. The number of aliphatic hydroxyl groups is 1. The first-order valence-electron chi connectivity index (χ1n) is 3.31. The summed E-state index contributed by atoms with van der Waals surface area (Å²) in [6.07, 6.45) is 1.88. The second-order valence-corrected chi connectivity index (χ2v) is 3.48. The molecule has 0 saturated carbocycles. The van der Waals surface area contributed by atoms with Gasteiger partial charge in [0.2, 0.25) is 0 Å². The van der Waals surface area contributed by atoms with E-state index >= 15 is 0 Å². The van der Waals surface area contributed by atoms with Crippen molar-refractivity contribution < 1.29 is 23.1 Å². The molecule has 0 bridgehead atoms. The van der Waals surface area contributed by atoms with E-state index in [1.54, 1.807) is 6.92 Å². The Hall–Kier alpha value is 0.570. The molecule has 0 radical (unpaired) electrons. The van der Waals surface area contributed by atoms with E-state index in [4.69, 9.17) is 10.4 Å². The molecule has 7 heteroatoms. The van der Waals surface area contributed by atoms with Gasteiger partial charge in [-0.3, -0.25) is 0 Å². The van der Waals surface area contributed by atoms with Crippen LogP contribution in [-0.4, -0.2) is 60.7 Å². The molecular formula is C6H15NaO5S. The van der Waals surface area contributed by atoms with Crippen LogP contribution in [0.15, 0.2) is 12.7 Å². The SMILES string of the molecule is C=CCO.CCCS(=O)(=O)OO.[NaH]. The molecule has 0 fully saturated rings. The predicted octanol–water partition coefficient (Wildman–Crippen LogP) is -0.268. The van der Waals surface area contributed by atoms with Crippen molar-refractivity contribution in [3.63, 3.8) is 0 Å². The molecule has 0 atom stereocenters. The summed E-state index contributed by atoms with van der Waals surface area (Å²) in [5.41, 5.74) is 0. The van der Waals surface area contributed by atoms with Gasteiger partial charge in [-0.1, -0.05) is 13.0 Å². The third-order valence-electron chi connectivity index (χ3n) is 0.697. The van der Waals surface area contributed by atoms with Crippen LogP contribution in [0.3, 0.4) is 0 Å². The molecule has 0 aliphatic carbocycles. The monoisotopic (exact) mass is 222 g/mol. The van der Waals surface area contributed by atoms with E-state index in [1.165, 1.54) is 6.08 Å². The summed E-state index contributed by atoms with van der Waals surface area (Å²) in [6.45, 7) is 4.99. The van der Waals surface area contributed by atoms with Crippen LogP contribution in [0.25, 0.3) is 0 Å². The molecule has 13 heavy (non-hydrogen) atoms. The first-order valence-corrected chi connectivity index (χ1v) is 4.89. The van der Waals surface area contributed by atoms with E-state index in [0.29, 0.717) is 6.42 Å². The number of rotatable bonds is 4. The van der Waals surface area contributed by atoms with E-state index in [-0.39, 0.29) is 41.9 Å². The minimum atomic E-state index is -3.61. The van der Waals surface area contributed by atoms with Gasteiger partial charge in [-0.25, -0.2) is 5.26 Å². The van der Waals surface area contributed by atoms with Gasteiger partial charge >= 0.3 is 29.6 Å². The van der Waals surface area contributed by atoms with E-state index < -0.39 is 10.1 Å². The average Bonchev–Trinajstić information content (AvgIpc) is 2.05. The van der Waals surface area contributed by atoms with Crippen LogP contribution in [0, 0.1) is 0 Å². The summed E-state index contributed by atoms with van der Waals surface area (Å²) in [5, 5.41) is 15.4. The molecule has 0 rings (SSSR count). The Kier molecular flexibility index (Phi) is 18.6. The summed E-state index contributed by atoms with van der Waals surface area (Å²) in [5.74, 6) is -0.135. The van der Waals surface area contributed by atoms with Gasteiger partial charge in [0.25, 0.3) is 10.1 Å². The van der Waals surface area contributed by atoms with Crippen molar-refractivity contribution in [2.24, 2.45) is 0 Å². The van der Waals surface area contributed by atoms with Gasteiger partial charge in [0.15, 0.2) is 0 Å². The van der Waals surface area contributed by atoms with Crippen molar-refractivity contribution in [1.29, 1.82) is 0 Å². The third-order valence-corrected chi connectivity index (χ3v) is 1.83. The molecule has 0 aliphatic heterocycles. The van der Waals surface area contributed by atoms with Crippen molar-refractivity contribution in [3.05, 3.63) is 12.7 Å². The Balaban J connectivity index is -0.000000173. The normalized spacial score (nSPS) is 9.15. The molecular weight excluding hydrogens is 207 g/mol. The Bertz CT molecular complexity index is 189. The molecule has 0 aliphatic rings. The Labute approximate surface area is 101 Å². The van der Waals surface area contributed by atoms with Crippen molar-refractivity contribution in [2.75, 3.05) is 12.4 Å². The van der Waals surface area contributed by atoms with E-state index in [1.807, 2.05) is 0 Å². The average molecular weight is 222 g/mol. The minimum absolute atomic E-state index is 0. The predicted molar refractivity (Wildman–Crippen MR) is 52.2 cm³/mol. The van der Waals surface area contributed by atoms with Crippen molar-refractivity contribution in [3.8, 4) is 0 Å². The quantitative estimate of drug-likeness (QED) is 0.296. The number of hydrogen-bond donors (Lipinski definition) is 2. The molecule has 0 heterocycles. The zero-order chi connectivity index (χ0) is 10.0. The molecule has 2 N–H and O–H groups in total. The maximum absolute atomic E-state index is 10.1. The zero-order valence-electron chi connectivity index (χ0n) is 6.93. The standard InChI is InChI=1S/C3H8O4S.C3H6O.Na.H/c1-2-3-8(5,6)7-4;1-2-3-4;;/h4H,2-3H2,1H3;2,4H,1,3H2;;. The van der Waals surface area contributed by atoms with Gasteiger partial charge in [0, 0.05) is 0 Å². The van der Waals surface area contributed by atoms with Crippen LogP contribution < -0.4 is 0 Å². The molecule has 0 aromatic carbocycles. The topological polar surface area (TPSA) is 83.8 Å². The summed E-state index contributed by atoms with van der Waals surface area (Å²) in [6, 6.07) is 0. The summed E-state index contributed by atoms with van der Waals surface area (Å²) in [4.78, 5) is 0. The van der Waals surface area contributed by atoms with Crippen LogP contribution >= 0.6 is 0 Å². The van der Waals surface area contributed by atoms with Crippen molar-refractivity contribution in [2.45, 2.75) is 13.3 Å². The van der Waals surface area contributed by atoms with Crippen LogP contribution in [0.5, 0.6) is 0 Å². The van der Waals surface area contributed by atoms with Gasteiger partial charge in [-0.2, -0.15) is 8.42 Å². The Morgan fingerprint density at radius 2 is 1.92 bits per heavy atom. The van der Waals surface area contributed by atoms with Gasteiger partial charge in [0.05, 0.1) is 12.4 Å². The van der Waals surface area contributed by atoms with E-state index in [9.17, 15) is 8.42 Å². The van der Waals surface area contributed by atoms with Gasteiger partial charge in [0.1, 0.15) is 0 Å². The second-order valence-electron chi connectivity index (χ2n) is 1.81. The Morgan fingerprint density at radius 1 is 1.54 bits per heavy atom. The zero-order valence-corrected chi connectivity index (χ0v) is 7.75. The van der Waals surface area contributed by atoms with Crippen LogP contribution in [-0.2, 0) is 14.5 Å². The molecule has 0 aromatic heterocycles. The number of hydrogen-bond acceptors (Lipinski definition) is 5. The molecule has 76 valence electrons. The molecule has 0 saturated heterocycles. The van der Waals surface area contributed by atoms with E-state index in [2.05, 4.69) is 10.9 Å². The summed E-state index contributed by atoms with van der Waals surface area (Å²) < 4.78 is 23.4. The fourth-order valence-corrected chi connectivity index (χ4v) is 0.862. The molecule has 0 aromatic rings. The first-order chi connectivity index (χ1) is 5.54. The van der Waals surface area contributed by atoms with Crippen molar-refractivity contribution >= 4 is 39.7 Å². The summed E-state index contributed by atoms with van der Waals surface area (Å²) in [7, 11) is -3.61. The molecule has 5 nitrogen and oxygen atoms in total. The van der Waals surface area contributed by atoms with Gasteiger partial charge < -0.3 is 5.11 Å². The fourth-order valence-electron chi connectivity index (χ4n) is 0.287. The van der Waals surface area contributed by atoms with Crippen LogP contribution in [0.1, 0.15) is 13.3 Å². The maximum atomic E-state index is 10.1. The third kappa shape index (κ3) is 19.1. The van der Waals surface area contributed by atoms with Crippen molar-refractivity contribution in [1.82, 2.24) is 0 Å². The van der Waals surface area contributed by atoms with Gasteiger partial charge in [-0.05, 0) is 6.42 Å². The van der Waals surface area contributed by atoms with Gasteiger partial charge in [-0.15, -0.1) is 10.9 Å². The van der Waals surface area contributed by atoms with Crippen LogP contribution in [0.2, 0.25) is 0 Å². The second kappa shape index (κ2) is 12.6. The fraction of sp³-hybridized carbons (Fsp3) is 0.667. The molecule has 0 unspecified atom stereocenters.